The summed E-state index contributed by atoms with van der Waals surface area (Å²) in [5.74, 6) is -0.796. The monoisotopic (exact) mass is 378 g/mol. The summed E-state index contributed by atoms with van der Waals surface area (Å²) >= 11 is 1.28. The van der Waals surface area contributed by atoms with Crippen molar-refractivity contribution >= 4 is 22.6 Å². The molecular weight excluding hydrogens is 374 g/mol. The summed E-state index contributed by atoms with van der Waals surface area (Å²) in [5.41, 5.74) is -1.000. The molecule has 0 N–H and O–H groups in total. The van der Waals surface area contributed by atoms with Crippen LogP contribution in [0.2, 0.25) is 0 Å². The smallest absolute Gasteiger partial charge is 0.404 e. The van der Waals surface area contributed by atoms with Crippen LogP contribution in [0.25, 0.3) is 0 Å². The van der Waals surface area contributed by atoms with E-state index in [4.69, 9.17) is 5.26 Å². The van der Waals surface area contributed by atoms with E-state index < -0.39 is 34.2 Å². The second kappa shape index (κ2) is 5.64. The predicted octanol–water partition coefficient (Wildman–Crippen LogP) is 3.59. The molecule has 1 aromatic heterocycles. The maximum atomic E-state index is 12.5. The summed E-state index contributed by atoms with van der Waals surface area (Å²) < 4.78 is 64.7. The van der Waals surface area contributed by atoms with Crippen LogP contribution in [-0.4, -0.2) is 11.3 Å². The third-order valence-corrected chi connectivity index (χ3v) is 2.81. The van der Waals surface area contributed by atoms with Gasteiger partial charge in [0.15, 0.2) is 5.75 Å². The number of alkyl halides is 5. The molecule has 0 saturated heterocycles. The highest BCUT2D eigenvalue weighted by Gasteiger charge is 2.34. The molecule has 1 rings (SSSR count). The zero-order valence-corrected chi connectivity index (χ0v) is 10.6. The first-order valence-corrected chi connectivity index (χ1v) is 5.42. The molecule has 0 amide bonds. The minimum Gasteiger partial charge on any atom is -0.404 e. The average molecular weight is 378 g/mol. The molecule has 0 aliphatic carbocycles. The molecule has 0 saturated carbocycles. The molecule has 18 heavy (non-hydrogen) atoms. The Morgan fingerprint density at radius 3 is 2.50 bits per heavy atom. The van der Waals surface area contributed by atoms with E-state index in [2.05, 4.69) is 9.72 Å². The van der Waals surface area contributed by atoms with Gasteiger partial charge in [-0.3, -0.25) is 4.98 Å². The minimum absolute atomic E-state index is 0.191. The highest BCUT2D eigenvalue weighted by atomic mass is 127. The van der Waals surface area contributed by atoms with Gasteiger partial charge in [0.1, 0.15) is 5.69 Å². The Morgan fingerprint density at radius 2 is 2.06 bits per heavy atom. The third kappa shape index (κ3) is 3.66. The molecule has 98 valence electrons. The normalized spacial score (nSPS) is 11.4. The molecule has 9 heteroatoms. The van der Waals surface area contributed by atoms with E-state index in [1.54, 1.807) is 6.07 Å². The van der Waals surface area contributed by atoms with Gasteiger partial charge >= 0.3 is 6.36 Å². The number of pyridine rings is 1. The first kappa shape index (κ1) is 14.9. The van der Waals surface area contributed by atoms with Crippen molar-refractivity contribution in [3.05, 3.63) is 21.0 Å². The molecule has 0 spiro atoms. The summed E-state index contributed by atoms with van der Waals surface area (Å²) in [6.07, 6.45) is -7.68. The molecule has 0 aliphatic heterocycles. The lowest BCUT2D eigenvalue weighted by atomic mass is 10.2. The van der Waals surface area contributed by atoms with Crippen molar-refractivity contribution in [3.63, 3.8) is 0 Å². The second-order valence-corrected chi connectivity index (χ2v) is 4.07. The summed E-state index contributed by atoms with van der Waals surface area (Å²) in [6.45, 7) is 0. The van der Waals surface area contributed by atoms with Gasteiger partial charge in [-0.25, -0.2) is 8.78 Å². The zero-order valence-electron chi connectivity index (χ0n) is 8.43. The second-order valence-electron chi connectivity index (χ2n) is 3.00. The summed E-state index contributed by atoms with van der Waals surface area (Å²) in [4.78, 5) is 3.33. The quantitative estimate of drug-likeness (QED) is 0.597. The van der Waals surface area contributed by atoms with E-state index >= 15 is 0 Å². The zero-order chi connectivity index (χ0) is 13.9. The Bertz CT molecular complexity index is 483. The van der Waals surface area contributed by atoms with Crippen LogP contribution in [0.15, 0.2) is 6.20 Å². The Labute approximate surface area is 112 Å². The summed E-state index contributed by atoms with van der Waals surface area (Å²) in [7, 11) is 0. The van der Waals surface area contributed by atoms with E-state index in [9.17, 15) is 22.0 Å². The SMILES string of the molecule is N#CCc1cnc(C(F)F)c(I)c1OC(F)(F)F. The Balaban J connectivity index is 3.32. The fourth-order valence-corrected chi connectivity index (χ4v) is 1.94. The van der Waals surface area contributed by atoms with Crippen molar-refractivity contribution in [2.45, 2.75) is 19.2 Å². The molecule has 0 aliphatic rings. The number of nitrogens with zero attached hydrogens (tertiary/aromatic N) is 2. The van der Waals surface area contributed by atoms with Crippen LogP contribution in [0.4, 0.5) is 22.0 Å². The lowest BCUT2D eigenvalue weighted by molar-refractivity contribution is -0.275. The fourth-order valence-electron chi connectivity index (χ4n) is 1.11. The molecule has 0 radical (unpaired) electrons. The van der Waals surface area contributed by atoms with Crippen molar-refractivity contribution in [2.75, 3.05) is 0 Å². The van der Waals surface area contributed by atoms with E-state index in [-0.39, 0.29) is 5.56 Å². The predicted molar refractivity (Wildman–Crippen MR) is 57.9 cm³/mol. The van der Waals surface area contributed by atoms with Crippen LogP contribution >= 0.6 is 22.6 Å². The third-order valence-electron chi connectivity index (χ3n) is 1.77. The molecule has 1 aromatic rings. The Hall–Kier alpha value is -1.18. The van der Waals surface area contributed by atoms with Crippen LogP contribution in [0.5, 0.6) is 5.75 Å². The first-order chi connectivity index (χ1) is 8.26. The van der Waals surface area contributed by atoms with Crippen molar-refractivity contribution in [1.82, 2.24) is 4.98 Å². The highest BCUT2D eigenvalue weighted by Crippen LogP contribution is 2.35. The van der Waals surface area contributed by atoms with Gasteiger partial charge in [-0.05, 0) is 22.6 Å². The van der Waals surface area contributed by atoms with E-state index in [0.717, 1.165) is 6.20 Å². The van der Waals surface area contributed by atoms with Crippen molar-refractivity contribution in [2.24, 2.45) is 0 Å². The van der Waals surface area contributed by atoms with Gasteiger partial charge in [0.05, 0.1) is 16.1 Å². The first-order valence-electron chi connectivity index (χ1n) is 4.34. The van der Waals surface area contributed by atoms with Crippen LogP contribution in [0.3, 0.4) is 0 Å². The maximum absolute atomic E-state index is 12.5. The van der Waals surface area contributed by atoms with E-state index in [0.29, 0.717) is 0 Å². The maximum Gasteiger partial charge on any atom is 0.573 e. The molecule has 1 heterocycles. The van der Waals surface area contributed by atoms with Crippen molar-refractivity contribution in [1.29, 1.82) is 5.26 Å². The van der Waals surface area contributed by atoms with Crippen LogP contribution in [0.1, 0.15) is 17.7 Å². The van der Waals surface area contributed by atoms with Gasteiger partial charge in [-0.2, -0.15) is 5.26 Å². The molecular formula is C9H4F5IN2O. The molecule has 3 nitrogen and oxygen atoms in total. The molecule has 0 aromatic carbocycles. The Morgan fingerprint density at radius 1 is 1.44 bits per heavy atom. The van der Waals surface area contributed by atoms with Crippen LogP contribution in [0, 0.1) is 14.9 Å². The highest BCUT2D eigenvalue weighted by molar-refractivity contribution is 14.1. The van der Waals surface area contributed by atoms with Gasteiger partial charge in [-0.15, -0.1) is 13.2 Å². The van der Waals surface area contributed by atoms with Crippen LogP contribution in [-0.2, 0) is 6.42 Å². The van der Waals surface area contributed by atoms with Gasteiger partial charge < -0.3 is 4.74 Å². The number of rotatable bonds is 3. The lowest BCUT2D eigenvalue weighted by Crippen LogP contribution is -2.19. The molecule has 0 bridgehead atoms. The van der Waals surface area contributed by atoms with Gasteiger partial charge in [0.2, 0.25) is 0 Å². The number of hydrogen-bond acceptors (Lipinski definition) is 3. The number of ether oxygens (including phenoxy) is 1. The molecule has 0 unspecified atom stereocenters. The average Bonchev–Trinajstić information content (AvgIpc) is 2.21. The summed E-state index contributed by atoms with van der Waals surface area (Å²) in [5, 5.41) is 8.45. The number of hydrogen-bond donors (Lipinski definition) is 0. The van der Waals surface area contributed by atoms with Gasteiger partial charge in [0, 0.05) is 11.8 Å². The number of aromatic nitrogens is 1. The lowest BCUT2D eigenvalue weighted by Gasteiger charge is -2.15. The standard InChI is InChI=1S/C9H4F5IN2O/c10-8(11)6-5(15)7(18-9(12,13)14)4(1-2-16)3-17-6/h3,8H,1H2. The number of nitriles is 1. The van der Waals surface area contributed by atoms with E-state index in [1.165, 1.54) is 22.6 Å². The number of halogens is 6. The van der Waals surface area contributed by atoms with E-state index in [1.807, 2.05) is 0 Å². The van der Waals surface area contributed by atoms with Gasteiger partial charge in [0.25, 0.3) is 6.43 Å². The summed E-state index contributed by atoms with van der Waals surface area (Å²) in [6, 6.07) is 1.61. The Kier molecular flexibility index (Phi) is 4.66. The molecule has 0 atom stereocenters. The van der Waals surface area contributed by atoms with Gasteiger partial charge in [-0.1, -0.05) is 0 Å². The van der Waals surface area contributed by atoms with Crippen LogP contribution < -0.4 is 4.74 Å². The van der Waals surface area contributed by atoms with Crippen molar-refractivity contribution < 1.29 is 26.7 Å². The topological polar surface area (TPSA) is 45.9 Å². The fraction of sp³-hybridized carbons (Fsp3) is 0.333. The largest absolute Gasteiger partial charge is 0.573 e. The van der Waals surface area contributed by atoms with Crippen molar-refractivity contribution in [3.8, 4) is 11.8 Å². The molecule has 0 fully saturated rings. The minimum atomic E-state index is -5.02.